The molecule has 0 saturated heterocycles. The molecule has 3 aromatic rings. The molecule has 0 bridgehead atoms. The van der Waals surface area contributed by atoms with Gasteiger partial charge in [0.25, 0.3) is 0 Å². The van der Waals surface area contributed by atoms with Crippen LogP contribution in [-0.2, 0) is 19.3 Å². The smallest absolute Gasteiger partial charge is 0.0276 e. The monoisotopic (exact) mass is 410 g/mol. The molecule has 1 saturated carbocycles. The Morgan fingerprint density at radius 3 is 1.52 bits per heavy atom. The minimum Gasteiger partial charge on any atom is -0.0622 e. The van der Waals surface area contributed by atoms with Gasteiger partial charge >= 0.3 is 0 Å². The van der Waals surface area contributed by atoms with Gasteiger partial charge in [-0.3, -0.25) is 0 Å². The molecule has 0 amide bonds. The molecule has 0 N–H and O–H groups in total. The Morgan fingerprint density at radius 2 is 1.00 bits per heavy atom. The fraction of sp³-hybridized carbons (Fsp3) is 0.419. The minimum absolute atomic E-state index is 0.853. The zero-order chi connectivity index (χ0) is 21.3. The summed E-state index contributed by atoms with van der Waals surface area (Å²) in [6.07, 6.45) is 10.5. The maximum Gasteiger partial charge on any atom is -0.0276 e. The van der Waals surface area contributed by atoms with Crippen molar-refractivity contribution in [2.24, 2.45) is 23.7 Å². The highest BCUT2D eigenvalue weighted by molar-refractivity contribution is 5.17. The Morgan fingerprint density at radius 1 is 0.548 bits per heavy atom. The second-order valence-electron chi connectivity index (χ2n) is 9.73. The van der Waals surface area contributed by atoms with Crippen molar-refractivity contribution in [3.8, 4) is 0 Å². The summed E-state index contributed by atoms with van der Waals surface area (Å²) in [5.74, 6) is 3.48. The lowest BCUT2D eigenvalue weighted by Crippen LogP contribution is -2.19. The molecular formula is C31H38. The highest BCUT2D eigenvalue weighted by Gasteiger charge is 2.39. The molecule has 162 valence electrons. The molecule has 0 spiro atoms. The zero-order valence-corrected chi connectivity index (χ0v) is 19.1. The first-order chi connectivity index (χ1) is 15.3. The summed E-state index contributed by atoms with van der Waals surface area (Å²) >= 11 is 0. The largest absolute Gasteiger partial charge is 0.0622 e. The predicted octanol–water partition coefficient (Wildman–Crippen LogP) is 8.16. The highest BCUT2D eigenvalue weighted by Crippen LogP contribution is 2.48. The number of aryl methyl sites for hydroxylation is 3. The van der Waals surface area contributed by atoms with Crippen LogP contribution in [0.5, 0.6) is 0 Å². The van der Waals surface area contributed by atoms with E-state index in [0.717, 1.165) is 23.7 Å². The van der Waals surface area contributed by atoms with Crippen LogP contribution in [-0.4, -0.2) is 0 Å². The third-order valence-corrected chi connectivity index (χ3v) is 7.66. The first-order valence-electron chi connectivity index (χ1n) is 12.4. The molecule has 4 atom stereocenters. The molecule has 0 nitrogen and oxygen atoms in total. The van der Waals surface area contributed by atoms with Gasteiger partial charge in [0.1, 0.15) is 0 Å². The molecule has 1 fully saturated rings. The molecule has 3 aromatic carbocycles. The summed E-state index contributed by atoms with van der Waals surface area (Å²) < 4.78 is 0. The van der Waals surface area contributed by atoms with Crippen molar-refractivity contribution < 1.29 is 0 Å². The van der Waals surface area contributed by atoms with Crippen LogP contribution < -0.4 is 0 Å². The quantitative estimate of drug-likeness (QED) is 0.316. The lowest BCUT2D eigenvalue weighted by Gasteiger charge is -2.27. The zero-order valence-electron chi connectivity index (χ0n) is 19.1. The van der Waals surface area contributed by atoms with Gasteiger partial charge in [-0.15, -0.1) is 0 Å². The van der Waals surface area contributed by atoms with Gasteiger partial charge in [0.15, 0.2) is 0 Å². The summed E-state index contributed by atoms with van der Waals surface area (Å²) in [5, 5.41) is 0. The molecule has 31 heavy (non-hydrogen) atoms. The first-order valence-corrected chi connectivity index (χ1v) is 12.4. The Bertz CT molecular complexity index is 868. The van der Waals surface area contributed by atoms with Crippen LogP contribution in [0.3, 0.4) is 0 Å². The molecule has 1 aliphatic rings. The average Bonchev–Trinajstić information content (AvgIpc) is 3.12. The lowest BCUT2D eigenvalue weighted by molar-refractivity contribution is 0.249. The number of hydrogen-bond acceptors (Lipinski definition) is 0. The minimum atomic E-state index is 0.853. The van der Waals surface area contributed by atoms with Crippen molar-refractivity contribution in [3.63, 3.8) is 0 Å². The van der Waals surface area contributed by atoms with E-state index >= 15 is 0 Å². The maximum atomic E-state index is 2.53. The molecule has 4 rings (SSSR count). The number of benzene rings is 3. The van der Waals surface area contributed by atoms with E-state index in [1.54, 1.807) is 0 Å². The fourth-order valence-electron chi connectivity index (χ4n) is 6.05. The molecule has 4 unspecified atom stereocenters. The van der Waals surface area contributed by atoms with Crippen LogP contribution in [0.15, 0.2) is 91.0 Å². The van der Waals surface area contributed by atoms with Gasteiger partial charge < -0.3 is 0 Å². The van der Waals surface area contributed by atoms with E-state index in [2.05, 4.69) is 97.9 Å². The molecule has 0 heteroatoms. The highest BCUT2D eigenvalue weighted by atomic mass is 14.4. The van der Waals surface area contributed by atoms with Crippen LogP contribution in [0.2, 0.25) is 0 Å². The molecule has 1 aliphatic carbocycles. The van der Waals surface area contributed by atoms with Gasteiger partial charge in [-0.05, 0) is 91.7 Å². The van der Waals surface area contributed by atoms with Crippen molar-refractivity contribution in [2.45, 2.75) is 58.3 Å². The summed E-state index contributed by atoms with van der Waals surface area (Å²) in [4.78, 5) is 0. The Hall–Kier alpha value is -2.34. The predicted molar refractivity (Wildman–Crippen MR) is 133 cm³/mol. The van der Waals surface area contributed by atoms with Crippen molar-refractivity contribution in [1.82, 2.24) is 0 Å². The van der Waals surface area contributed by atoms with E-state index in [4.69, 9.17) is 0 Å². The first kappa shape index (κ1) is 21.9. The Kier molecular flexibility index (Phi) is 7.99. The average molecular weight is 411 g/mol. The third kappa shape index (κ3) is 6.33. The topological polar surface area (TPSA) is 0 Å². The van der Waals surface area contributed by atoms with Crippen molar-refractivity contribution in [2.75, 3.05) is 0 Å². The molecule has 0 radical (unpaired) electrons. The van der Waals surface area contributed by atoms with E-state index in [1.807, 2.05) is 0 Å². The van der Waals surface area contributed by atoms with E-state index in [9.17, 15) is 0 Å². The summed E-state index contributed by atoms with van der Waals surface area (Å²) in [6.45, 7) is 2.53. The van der Waals surface area contributed by atoms with Crippen LogP contribution in [0, 0.1) is 23.7 Å². The summed E-state index contributed by atoms with van der Waals surface area (Å²) in [5.41, 5.74) is 4.51. The van der Waals surface area contributed by atoms with E-state index in [0.29, 0.717) is 0 Å². The van der Waals surface area contributed by atoms with E-state index < -0.39 is 0 Å². The SMILES string of the molecule is CC1CC(CCCc2ccccc2)C(CCc2ccccc2)C1CCc1ccccc1. The van der Waals surface area contributed by atoms with Crippen LogP contribution in [0.25, 0.3) is 0 Å². The Balaban J connectivity index is 1.39. The van der Waals surface area contributed by atoms with Gasteiger partial charge in [0.05, 0.1) is 0 Å². The molecule has 0 heterocycles. The van der Waals surface area contributed by atoms with Crippen molar-refractivity contribution >= 4 is 0 Å². The lowest BCUT2D eigenvalue weighted by atomic mass is 9.78. The Labute approximate surface area is 189 Å². The fourth-order valence-corrected chi connectivity index (χ4v) is 6.05. The van der Waals surface area contributed by atoms with Crippen molar-refractivity contribution in [3.05, 3.63) is 108 Å². The molecule has 0 aromatic heterocycles. The number of rotatable bonds is 10. The second-order valence-corrected chi connectivity index (χ2v) is 9.73. The van der Waals surface area contributed by atoms with Crippen LogP contribution >= 0.6 is 0 Å². The number of hydrogen-bond donors (Lipinski definition) is 0. The normalized spacial score (nSPS) is 23.1. The summed E-state index contributed by atoms with van der Waals surface area (Å²) in [7, 11) is 0. The van der Waals surface area contributed by atoms with Crippen LogP contribution in [0.4, 0.5) is 0 Å². The third-order valence-electron chi connectivity index (χ3n) is 7.66. The maximum absolute atomic E-state index is 2.53. The molecular weight excluding hydrogens is 372 g/mol. The molecule has 0 aliphatic heterocycles. The van der Waals surface area contributed by atoms with Gasteiger partial charge in [-0.1, -0.05) is 97.9 Å². The van der Waals surface area contributed by atoms with Gasteiger partial charge in [-0.2, -0.15) is 0 Å². The van der Waals surface area contributed by atoms with E-state index in [-0.39, 0.29) is 0 Å². The van der Waals surface area contributed by atoms with Crippen molar-refractivity contribution in [1.29, 1.82) is 0 Å². The summed E-state index contributed by atoms with van der Waals surface area (Å²) in [6, 6.07) is 33.3. The standard InChI is InChI=1S/C31H38/c1-25-24-29(19-11-18-26-12-5-2-6-13-26)31(23-21-28-16-9-4-10-17-28)30(25)22-20-27-14-7-3-8-15-27/h2-10,12-17,25,29-31H,11,18-24H2,1H3. The van der Waals surface area contributed by atoms with E-state index in [1.165, 1.54) is 68.1 Å². The van der Waals surface area contributed by atoms with Crippen LogP contribution in [0.1, 0.15) is 55.7 Å². The van der Waals surface area contributed by atoms with Gasteiger partial charge in [-0.25, -0.2) is 0 Å². The van der Waals surface area contributed by atoms with Gasteiger partial charge in [0.2, 0.25) is 0 Å². The second kappa shape index (κ2) is 11.3. The van der Waals surface area contributed by atoms with Gasteiger partial charge in [0, 0.05) is 0 Å².